The first kappa shape index (κ1) is 13.0. The van der Waals surface area contributed by atoms with Crippen LogP contribution in [0.3, 0.4) is 0 Å². The molecule has 0 aliphatic rings. The SMILES string of the molecule is COc1ncc(Cl)c(Oc2ccc(F)cc2Br)n1. The van der Waals surface area contributed by atoms with Crippen LogP contribution in [0.15, 0.2) is 28.9 Å². The molecule has 94 valence electrons. The van der Waals surface area contributed by atoms with Crippen LogP contribution < -0.4 is 9.47 Å². The lowest BCUT2D eigenvalue weighted by molar-refractivity contribution is 0.366. The Bertz CT molecular complexity index is 583. The van der Waals surface area contributed by atoms with Crippen molar-refractivity contribution >= 4 is 27.5 Å². The Hall–Kier alpha value is -1.40. The number of hydrogen-bond acceptors (Lipinski definition) is 4. The fourth-order valence-corrected chi connectivity index (χ4v) is 1.73. The molecule has 1 aromatic carbocycles. The fourth-order valence-electron chi connectivity index (χ4n) is 1.17. The van der Waals surface area contributed by atoms with Gasteiger partial charge in [-0.25, -0.2) is 9.37 Å². The first-order valence-corrected chi connectivity index (χ1v) is 5.96. The minimum Gasteiger partial charge on any atom is -0.467 e. The highest BCUT2D eigenvalue weighted by Crippen LogP contribution is 2.33. The third kappa shape index (κ3) is 2.88. The lowest BCUT2D eigenvalue weighted by atomic mass is 10.3. The van der Waals surface area contributed by atoms with Crippen LogP contribution in [-0.4, -0.2) is 17.1 Å². The topological polar surface area (TPSA) is 44.2 Å². The Kier molecular flexibility index (Phi) is 3.98. The molecule has 0 amide bonds. The van der Waals surface area contributed by atoms with E-state index < -0.39 is 0 Å². The van der Waals surface area contributed by atoms with Crippen molar-refractivity contribution in [3.63, 3.8) is 0 Å². The second-order valence-corrected chi connectivity index (χ2v) is 4.45. The van der Waals surface area contributed by atoms with Gasteiger partial charge in [0.2, 0.25) is 5.88 Å². The predicted octanol–water partition coefficient (Wildman–Crippen LogP) is 3.83. The van der Waals surface area contributed by atoms with Gasteiger partial charge in [0, 0.05) is 0 Å². The molecule has 2 rings (SSSR count). The summed E-state index contributed by atoms with van der Waals surface area (Å²) in [5, 5.41) is 0.229. The van der Waals surface area contributed by atoms with Gasteiger partial charge >= 0.3 is 6.01 Å². The maximum Gasteiger partial charge on any atom is 0.319 e. The number of ether oxygens (including phenoxy) is 2. The van der Waals surface area contributed by atoms with Gasteiger partial charge in [0.05, 0.1) is 17.8 Å². The molecule has 0 unspecified atom stereocenters. The van der Waals surface area contributed by atoms with Gasteiger partial charge in [0.15, 0.2) is 0 Å². The van der Waals surface area contributed by atoms with E-state index in [0.717, 1.165) is 0 Å². The van der Waals surface area contributed by atoms with Crippen molar-refractivity contribution in [2.45, 2.75) is 0 Å². The van der Waals surface area contributed by atoms with E-state index in [0.29, 0.717) is 10.2 Å². The van der Waals surface area contributed by atoms with Gasteiger partial charge in [-0.3, -0.25) is 0 Å². The van der Waals surface area contributed by atoms with E-state index in [9.17, 15) is 4.39 Å². The van der Waals surface area contributed by atoms with Crippen molar-refractivity contribution in [2.75, 3.05) is 7.11 Å². The third-order valence-electron chi connectivity index (χ3n) is 1.97. The number of aromatic nitrogens is 2. The van der Waals surface area contributed by atoms with E-state index in [2.05, 4.69) is 25.9 Å². The molecule has 0 atom stereocenters. The zero-order valence-electron chi connectivity index (χ0n) is 9.15. The molecule has 0 aliphatic heterocycles. The van der Waals surface area contributed by atoms with Crippen molar-refractivity contribution in [1.29, 1.82) is 0 Å². The lowest BCUT2D eigenvalue weighted by Gasteiger charge is -2.08. The van der Waals surface area contributed by atoms with Crippen LogP contribution in [0, 0.1) is 5.82 Å². The summed E-state index contributed by atoms with van der Waals surface area (Å²) in [4.78, 5) is 7.77. The summed E-state index contributed by atoms with van der Waals surface area (Å²) < 4.78 is 23.7. The summed E-state index contributed by atoms with van der Waals surface area (Å²) in [7, 11) is 1.43. The second-order valence-electron chi connectivity index (χ2n) is 3.19. The van der Waals surface area contributed by atoms with E-state index in [1.54, 1.807) is 0 Å². The Balaban J connectivity index is 2.33. The normalized spacial score (nSPS) is 10.2. The number of rotatable bonds is 3. The molecule has 1 heterocycles. The summed E-state index contributed by atoms with van der Waals surface area (Å²) in [6.45, 7) is 0. The molecule has 2 aromatic rings. The Labute approximate surface area is 116 Å². The van der Waals surface area contributed by atoms with E-state index in [-0.39, 0.29) is 22.7 Å². The summed E-state index contributed by atoms with van der Waals surface area (Å²) in [5.74, 6) is 0.149. The van der Waals surface area contributed by atoms with Crippen LogP contribution in [0.2, 0.25) is 5.02 Å². The monoisotopic (exact) mass is 332 g/mol. The third-order valence-corrected chi connectivity index (χ3v) is 2.85. The van der Waals surface area contributed by atoms with Crippen molar-refractivity contribution in [3.8, 4) is 17.6 Å². The molecule has 18 heavy (non-hydrogen) atoms. The summed E-state index contributed by atoms with van der Waals surface area (Å²) in [6, 6.07) is 4.14. The molecule has 0 saturated carbocycles. The Morgan fingerprint density at radius 2 is 2.17 bits per heavy atom. The van der Waals surface area contributed by atoms with E-state index in [1.165, 1.54) is 31.5 Å². The van der Waals surface area contributed by atoms with Crippen molar-refractivity contribution in [2.24, 2.45) is 0 Å². The molecule has 1 aromatic heterocycles. The van der Waals surface area contributed by atoms with E-state index in [4.69, 9.17) is 21.1 Å². The lowest BCUT2D eigenvalue weighted by Crippen LogP contribution is -1.96. The summed E-state index contributed by atoms with van der Waals surface area (Å²) in [6.07, 6.45) is 1.36. The molecule has 0 spiro atoms. The number of halogens is 3. The fraction of sp³-hybridized carbons (Fsp3) is 0.0909. The van der Waals surface area contributed by atoms with Crippen LogP contribution in [0.5, 0.6) is 17.6 Å². The molecule has 0 fully saturated rings. The largest absolute Gasteiger partial charge is 0.467 e. The van der Waals surface area contributed by atoms with Crippen LogP contribution in [-0.2, 0) is 0 Å². The van der Waals surface area contributed by atoms with Gasteiger partial charge in [-0.15, -0.1) is 0 Å². The summed E-state index contributed by atoms with van der Waals surface area (Å²) in [5.41, 5.74) is 0. The molecule has 7 heteroatoms. The number of benzene rings is 1. The predicted molar refractivity (Wildman–Crippen MR) is 67.8 cm³/mol. The van der Waals surface area contributed by atoms with Gasteiger partial charge < -0.3 is 9.47 Å². The van der Waals surface area contributed by atoms with Crippen LogP contribution in [0.1, 0.15) is 0 Å². The van der Waals surface area contributed by atoms with Gasteiger partial charge in [0.25, 0.3) is 0 Å². The number of nitrogens with zero attached hydrogens (tertiary/aromatic N) is 2. The maximum absolute atomic E-state index is 12.9. The minimum atomic E-state index is -0.374. The maximum atomic E-state index is 12.9. The highest BCUT2D eigenvalue weighted by atomic mass is 79.9. The molecular formula is C11H7BrClFN2O2. The van der Waals surface area contributed by atoms with Gasteiger partial charge in [-0.1, -0.05) is 11.6 Å². The molecule has 4 nitrogen and oxygen atoms in total. The molecule has 0 aliphatic carbocycles. The Morgan fingerprint density at radius 3 is 2.83 bits per heavy atom. The molecular weight excluding hydrogens is 326 g/mol. The summed E-state index contributed by atoms with van der Waals surface area (Å²) >= 11 is 9.07. The first-order valence-electron chi connectivity index (χ1n) is 4.79. The average Bonchev–Trinajstić information content (AvgIpc) is 2.35. The van der Waals surface area contributed by atoms with Crippen LogP contribution >= 0.6 is 27.5 Å². The minimum absolute atomic E-state index is 0.132. The molecule has 0 radical (unpaired) electrons. The van der Waals surface area contributed by atoms with Crippen LogP contribution in [0.4, 0.5) is 4.39 Å². The molecule has 0 N–H and O–H groups in total. The number of methoxy groups -OCH3 is 1. The van der Waals surface area contributed by atoms with Gasteiger partial charge in [-0.05, 0) is 34.1 Å². The van der Waals surface area contributed by atoms with E-state index >= 15 is 0 Å². The zero-order chi connectivity index (χ0) is 13.1. The van der Waals surface area contributed by atoms with Crippen LogP contribution in [0.25, 0.3) is 0 Å². The highest BCUT2D eigenvalue weighted by Gasteiger charge is 2.10. The van der Waals surface area contributed by atoms with Crippen molar-refractivity contribution in [1.82, 2.24) is 9.97 Å². The highest BCUT2D eigenvalue weighted by molar-refractivity contribution is 9.10. The van der Waals surface area contributed by atoms with Gasteiger partial charge in [-0.2, -0.15) is 4.98 Å². The van der Waals surface area contributed by atoms with E-state index in [1.807, 2.05) is 0 Å². The number of hydrogen-bond donors (Lipinski definition) is 0. The van der Waals surface area contributed by atoms with Crippen molar-refractivity contribution < 1.29 is 13.9 Å². The standard InChI is InChI=1S/C11H7BrClFN2O2/c1-17-11-15-5-8(13)10(16-11)18-9-3-2-6(14)4-7(9)12/h2-5H,1H3. The Morgan fingerprint density at radius 1 is 1.39 bits per heavy atom. The second kappa shape index (κ2) is 5.49. The first-order chi connectivity index (χ1) is 8.60. The zero-order valence-corrected chi connectivity index (χ0v) is 11.5. The van der Waals surface area contributed by atoms with Gasteiger partial charge in [0.1, 0.15) is 16.6 Å². The molecule has 0 saturated heterocycles. The smallest absolute Gasteiger partial charge is 0.319 e. The average molecular weight is 334 g/mol. The molecule has 0 bridgehead atoms. The quantitative estimate of drug-likeness (QED) is 0.856. The van der Waals surface area contributed by atoms with Crippen molar-refractivity contribution in [3.05, 3.63) is 39.7 Å².